The number of rotatable bonds is 5. The van der Waals surface area contributed by atoms with Crippen LogP contribution in [0.25, 0.3) is 5.76 Å². The number of benzene rings is 2. The van der Waals surface area contributed by atoms with E-state index in [9.17, 15) is 27.9 Å². The van der Waals surface area contributed by atoms with Crippen LogP contribution in [0.3, 0.4) is 0 Å². The van der Waals surface area contributed by atoms with Crippen molar-refractivity contribution in [2.24, 2.45) is 0 Å². The number of ketones is 1. The highest BCUT2D eigenvalue weighted by molar-refractivity contribution is 7.10. The summed E-state index contributed by atoms with van der Waals surface area (Å²) in [6.07, 6.45) is -4.63. The molecule has 1 N–H and O–H groups in total. The number of anilines is 1. The maximum atomic E-state index is 13.4. The Balaban J connectivity index is 1.95. The molecule has 2 aromatic carbocycles. The van der Waals surface area contributed by atoms with Gasteiger partial charge in [-0.1, -0.05) is 19.9 Å². The van der Waals surface area contributed by atoms with Crippen LogP contribution in [0, 0.1) is 6.92 Å². The molecular weight excluding hydrogens is 491 g/mol. The lowest BCUT2D eigenvalue weighted by Gasteiger charge is -2.25. The smallest absolute Gasteiger partial charge is 0.416 e. The van der Waals surface area contributed by atoms with E-state index in [0.29, 0.717) is 16.2 Å². The van der Waals surface area contributed by atoms with E-state index in [1.165, 1.54) is 30.6 Å². The summed E-state index contributed by atoms with van der Waals surface area (Å²) in [5.74, 6) is -1.73. The molecule has 0 radical (unpaired) electrons. The van der Waals surface area contributed by atoms with Gasteiger partial charge in [0.25, 0.3) is 11.7 Å². The van der Waals surface area contributed by atoms with E-state index in [1.54, 1.807) is 36.6 Å². The van der Waals surface area contributed by atoms with Crippen LogP contribution in [0.4, 0.5) is 18.9 Å². The van der Waals surface area contributed by atoms with Gasteiger partial charge in [-0.15, -0.1) is 11.3 Å². The van der Waals surface area contributed by atoms with E-state index in [4.69, 9.17) is 4.74 Å². The predicted octanol–water partition coefficient (Wildman–Crippen LogP) is 6.83. The number of thiophene rings is 1. The number of alkyl halides is 3. The Bertz CT molecular complexity index is 1370. The average Bonchev–Trinajstić information content (AvgIpc) is 3.37. The van der Waals surface area contributed by atoms with Gasteiger partial charge in [0, 0.05) is 16.1 Å². The summed E-state index contributed by atoms with van der Waals surface area (Å²) in [6.45, 7) is 5.68. The van der Waals surface area contributed by atoms with Gasteiger partial charge in [-0.05, 0) is 71.8 Å². The quantitative estimate of drug-likeness (QED) is 0.230. The lowest BCUT2D eigenvalue weighted by Crippen LogP contribution is -2.29. The molecule has 36 heavy (non-hydrogen) atoms. The van der Waals surface area contributed by atoms with E-state index in [-0.39, 0.29) is 17.2 Å². The number of ether oxygens (including phenoxy) is 1. The molecular formula is C27H24F3NO4S. The van der Waals surface area contributed by atoms with Crippen LogP contribution in [-0.2, 0) is 15.8 Å². The van der Waals surface area contributed by atoms with Crippen molar-refractivity contribution in [2.75, 3.05) is 12.0 Å². The molecule has 1 aliphatic heterocycles. The number of aryl methyl sites for hydroxylation is 1. The number of Topliss-reactive ketones (excluding diaryl/α,β-unsaturated/α-hetero) is 1. The molecule has 0 bridgehead atoms. The highest BCUT2D eigenvalue weighted by atomic mass is 32.1. The summed E-state index contributed by atoms with van der Waals surface area (Å²) in [6, 6.07) is 9.91. The second kappa shape index (κ2) is 9.46. The van der Waals surface area contributed by atoms with Crippen LogP contribution < -0.4 is 9.64 Å². The van der Waals surface area contributed by atoms with Crippen molar-refractivity contribution >= 4 is 34.5 Å². The van der Waals surface area contributed by atoms with Crippen LogP contribution in [-0.4, -0.2) is 23.9 Å². The van der Waals surface area contributed by atoms with Crippen molar-refractivity contribution < 1.29 is 32.6 Å². The Morgan fingerprint density at radius 2 is 1.83 bits per heavy atom. The zero-order chi connectivity index (χ0) is 26.4. The standard InChI is InChI=1S/C27H24F3NO4S/c1-14(2)19-12-16(8-9-20(19)35-4)23(32)21-22(25-15(3)10-11-36-25)31(26(34)24(21)33)18-7-5-6-17(13-18)27(28,29)30/h5-14,22,32H,1-4H3/b23-21-. The fourth-order valence-corrected chi connectivity index (χ4v) is 5.36. The van der Waals surface area contributed by atoms with Crippen LogP contribution >= 0.6 is 11.3 Å². The topological polar surface area (TPSA) is 66.8 Å². The molecule has 1 saturated heterocycles. The third-order valence-corrected chi connectivity index (χ3v) is 7.24. The lowest BCUT2D eigenvalue weighted by atomic mass is 9.94. The Morgan fingerprint density at radius 3 is 2.42 bits per heavy atom. The Labute approximate surface area is 210 Å². The molecule has 1 fully saturated rings. The first-order chi connectivity index (χ1) is 17.0. The predicted molar refractivity (Wildman–Crippen MR) is 132 cm³/mol. The number of carbonyl (C=O) groups excluding carboxylic acids is 2. The number of aliphatic hydroxyl groups excluding tert-OH is 1. The molecule has 5 nitrogen and oxygen atoms in total. The Hall–Kier alpha value is -3.59. The zero-order valence-corrected chi connectivity index (χ0v) is 20.8. The van der Waals surface area contributed by atoms with Gasteiger partial charge >= 0.3 is 6.18 Å². The lowest BCUT2D eigenvalue weighted by molar-refractivity contribution is -0.137. The second-order valence-electron chi connectivity index (χ2n) is 8.80. The first-order valence-corrected chi connectivity index (χ1v) is 12.0. The van der Waals surface area contributed by atoms with Crippen molar-refractivity contribution in [3.63, 3.8) is 0 Å². The van der Waals surface area contributed by atoms with Gasteiger partial charge in [-0.3, -0.25) is 14.5 Å². The van der Waals surface area contributed by atoms with Crippen molar-refractivity contribution in [3.05, 3.63) is 86.6 Å². The van der Waals surface area contributed by atoms with Crippen LogP contribution in [0.1, 0.15) is 52.9 Å². The molecule has 1 unspecified atom stereocenters. The van der Waals surface area contributed by atoms with E-state index in [0.717, 1.165) is 28.2 Å². The zero-order valence-electron chi connectivity index (χ0n) is 20.0. The fourth-order valence-electron chi connectivity index (χ4n) is 4.33. The SMILES string of the molecule is COc1ccc(/C(O)=C2/C(=O)C(=O)N(c3cccc(C(F)(F)F)c3)C2c2sccc2C)cc1C(C)C. The minimum atomic E-state index is -4.63. The van der Waals surface area contributed by atoms with E-state index >= 15 is 0 Å². The molecule has 1 aromatic heterocycles. The van der Waals surface area contributed by atoms with Gasteiger partial charge in [-0.2, -0.15) is 13.2 Å². The van der Waals surface area contributed by atoms with Gasteiger partial charge in [0.1, 0.15) is 17.6 Å². The Kier molecular flexibility index (Phi) is 6.70. The summed E-state index contributed by atoms with van der Waals surface area (Å²) < 4.78 is 45.7. The summed E-state index contributed by atoms with van der Waals surface area (Å²) in [7, 11) is 1.53. The maximum Gasteiger partial charge on any atom is 0.416 e. The van der Waals surface area contributed by atoms with Crippen molar-refractivity contribution in [2.45, 2.75) is 38.9 Å². The average molecular weight is 516 g/mol. The molecule has 2 heterocycles. The van der Waals surface area contributed by atoms with E-state index in [2.05, 4.69) is 0 Å². The number of hydrogen-bond acceptors (Lipinski definition) is 5. The maximum absolute atomic E-state index is 13.4. The minimum absolute atomic E-state index is 0.0376. The summed E-state index contributed by atoms with van der Waals surface area (Å²) in [4.78, 5) is 28.1. The highest BCUT2D eigenvalue weighted by Crippen LogP contribution is 2.46. The number of carbonyl (C=O) groups is 2. The van der Waals surface area contributed by atoms with Crippen molar-refractivity contribution in [1.29, 1.82) is 0 Å². The van der Waals surface area contributed by atoms with Gasteiger partial charge in [-0.25, -0.2) is 0 Å². The summed E-state index contributed by atoms with van der Waals surface area (Å²) in [5.41, 5.74) is 0.634. The third kappa shape index (κ3) is 4.39. The molecule has 1 amide bonds. The normalized spacial score (nSPS) is 17.8. The minimum Gasteiger partial charge on any atom is -0.507 e. The van der Waals surface area contributed by atoms with Gasteiger partial charge < -0.3 is 9.84 Å². The van der Waals surface area contributed by atoms with Crippen LogP contribution in [0.2, 0.25) is 0 Å². The molecule has 9 heteroatoms. The first-order valence-electron chi connectivity index (χ1n) is 11.2. The van der Waals surface area contributed by atoms with Gasteiger partial charge in [0.2, 0.25) is 0 Å². The molecule has 0 spiro atoms. The van der Waals surface area contributed by atoms with Crippen molar-refractivity contribution in [3.8, 4) is 5.75 Å². The van der Waals surface area contributed by atoms with Gasteiger partial charge in [0.05, 0.1) is 18.2 Å². The Morgan fingerprint density at radius 1 is 1.11 bits per heavy atom. The van der Waals surface area contributed by atoms with E-state index < -0.39 is 35.2 Å². The third-order valence-electron chi connectivity index (χ3n) is 6.17. The summed E-state index contributed by atoms with van der Waals surface area (Å²) >= 11 is 1.26. The van der Waals surface area contributed by atoms with Crippen molar-refractivity contribution in [1.82, 2.24) is 0 Å². The molecule has 0 aliphatic carbocycles. The molecule has 4 rings (SSSR count). The molecule has 1 aliphatic rings. The summed E-state index contributed by atoms with van der Waals surface area (Å²) in [5, 5.41) is 13.1. The largest absolute Gasteiger partial charge is 0.507 e. The fraction of sp³-hybridized carbons (Fsp3) is 0.259. The second-order valence-corrected chi connectivity index (χ2v) is 9.74. The number of hydrogen-bond donors (Lipinski definition) is 1. The molecule has 0 saturated carbocycles. The first kappa shape index (κ1) is 25.5. The number of halogens is 3. The number of methoxy groups -OCH3 is 1. The molecule has 188 valence electrons. The number of aliphatic hydroxyl groups is 1. The molecule has 3 aromatic rings. The number of amides is 1. The monoisotopic (exact) mass is 515 g/mol. The van der Waals surface area contributed by atoms with Crippen LogP contribution in [0.15, 0.2) is 59.5 Å². The number of nitrogens with zero attached hydrogens (tertiary/aromatic N) is 1. The van der Waals surface area contributed by atoms with Gasteiger partial charge in [0.15, 0.2) is 0 Å². The molecule has 1 atom stereocenters. The van der Waals surface area contributed by atoms with E-state index in [1.807, 2.05) is 13.8 Å². The van der Waals surface area contributed by atoms with Crippen LogP contribution in [0.5, 0.6) is 5.75 Å². The highest BCUT2D eigenvalue weighted by Gasteiger charge is 2.48.